The molecule has 1 fully saturated rings. The third-order valence-electron chi connectivity index (χ3n) is 6.26. The first-order chi connectivity index (χ1) is 19.6. The summed E-state index contributed by atoms with van der Waals surface area (Å²) in [6.45, 7) is 2.68. The highest BCUT2D eigenvalue weighted by molar-refractivity contribution is 5.66. The smallest absolute Gasteiger partial charge is 0.429 e. The zero-order valence-corrected chi connectivity index (χ0v) is 21.6. The highest BCUT2D eigenvalue weighted by Crippen LogP contribution is 2.40. The van der Waals surface area contributed by atoms with E-state index in [1.807, 2.05) is 6.92 Å². The lowest BCUT2D eigenvalue weighted by atomic mass is 10.0. The molecule has 1 saturated heterocycles. The van der Waals surface area contributed by atoms with Gasteiger partial charge in [-0.05, 0) is 36.2 Å². The van der Waals surface area contributed by atoms with Crippen LogP contribution in [0.15, 0.2) is 54.6 Å². The molecule has 228 valence electrons. The summed E-state index contributed by atoms with van der Waals surface area (Å²) < 4.78 is 156. The van der Waals surface area contributed by atoms with Crippen molar-refractivity contribution in [1.82, 2.24) is 0 Å². The molecule has 0 bridgehead atoms. The Morgan fingerprint density at radius 3 is 1.88 bits per heavy atom. The van der Waals surface area contributed by atoms with Gasteiger partial charge >= 0.3 is 18.6 Å². The number of hydrogen-bond donors (Lipinski definition) is 0. The van der Waals surface area contributed by atoms with Gasteiger partial charge in [-0.25, -0.2) is 17.9 Å². The van der Waals surface area contributed by atoms with E-state index in [2.05, 4.69) is 9.47 Å². The third-order valence-corrected chi connectivity index (χ3v) is 6.26. The van der Waals surface area contributed by atoms with Crippen LogP contribution in [0.25, 0.3) is 11.1 Å². The summed E-state index contributed by atoms with van der Waals surface area (Å²) in [5.74, 6) is -5.23. The van der Waals surface area contributed by atoms with Crippen molar-refractivity contribution in [2.45, 2.75) is 44.6 Å². The predicted octanol–water partition coefficient (Wildman–Crippen LogP) is 8.95. The normalized spacial score (nSPS) is 18.3. The minimum absolute atomic E-state index is 0.136. The number of ether oxygens (including phenoxy) is 4. The Labute approximate surface area is 232 Å². The van der Waals surface area contributed by atoms with E-state index in [1.54, 1.807) is 0 Å². The molecule has 0 atom stereocenters. The monoisotopic (exact) mass is 612 g/mol. The van der Waals surface area contributed by atoms with Crippen LogP contribution in [0.4, 0.5) is 43.9 Å². The van der Waals surface area contributed by atoms with Gasteiger partial charge in [-0.1, -0.05) is 31.5 Å². The fraction of sp³-hybridized carbons (Fsp3) is 0.357. The fourth-order valence-corrected chi connectivity index (χ4v) is 4.35. The number of hydrogen-bond acceptors (Lipinski definition) is 4. The summed E-state index contributed by atoms with van der Waals surface area (Å²) in [6.07, 6.45) is -14.1. The van der Waals surface area contributed by atoms with Gasteiger partial charge in [-0.2, -0.15) is 17.6 Å². The highest BCUT2D eigenvalue weighted by Gasteiger charge is 2.46. The molecule has 0 saturated carbocycles. The Bertz CT molecular complexity index is 1360. The SMILES string of the molecule is CCCC1COC(c2ccc(C(F)(F)Oc3cc(F)c(-c4ccc(C(F)(F)OC(F)(F)F)cc4)c(F)c3)c(F)c2)OC1. The van der Waals surface area contributed by atoms with E-state index < -0.39 is 70.3 Å². The molecular weight excluding hydrogens is 590 g/mol. The number of benzene rings is 3. The van der Waals surface area contributed by atoms with E-state index in [0.29, 0.717) is 49.6 Å². The van der Waals surface area contributed by atoms with E-state index in [1.165, 1.54) is 0 Å². The molecule has 1 aliphatic heterocycles. The van der Waals surface area contributed by atoms with Crippen LogP contribution in [-0.4, -0.2) is 19.6 Å². The predicted molar refractivity (Wildman–Crippen MR) is 127 cm³/mol. The molecule has 0 spiro atoms. The molecule has 3 aromatic carbocycles. The minimum atomic E-state index is -5.67. The molecule has 1 heterocycles. The molecule has 3 aromatic rings. The van der Waals surface area contributed by atoms with Crippen LogP contribution in [0.5, 0.6) is 5.75 Å². The van der Waals surface area contributed by atoms with Crippen molar-refractivity contribution in [2.24, 2.45) is 5.92 Å². The van der Waals surface area contributed by atoms with Crippen LogP contribution < -0.4 is 4.74 Å². The molecule has 4 rings (SSSR count). The summed E-state index contributed by atoms with van der Waals surface area (Å²) in [5, 5.41) is 0. The van der Waals surface area contributed by atoms with Crippen molar-refractivity contribution in [2.75, 3.05) is 13.2 Å². The van der Waals surface area contributed by atoms with Crippen LogP contribution in [0.1, 0.15) is 42.7 Å². The zero-order chi connectivity index (χ0) is 30.9. The first kappa shape index (κ1) is 31.6. The Morgan fingerprint density at radius 1 is 0.762 bits per heavy atom. The number of halogens is 10. The molecule has 0 aliphatic carbocycles. The minimum Gasteiger partial charge on any atom is -0.429 e. The highest BCUT2D eigenvalue weighted by atomic mass is 19.4. The summed E-state index contributed by atoms with van der Waals surface area (Å²) in [5.41, 5.74) is -3.66. The van der Waals surface area contributed by atoms with Crippen LogP contribution in [0, 0.1) is 23.4 Å². The maximum Gasteiger partial charge on any atom is 0.527 e. The van der Waals surface area contributed by atoms with Gasteiger partial charge in [0, 0.05) is 23.6 Å². The molecule has 4 nitrogen and oxygen atoms in total. The van der Waals surface area contributed by atoms with E-state index in [-0.39, 0.29) is 11.5 Å². The van der Waals surface area contributed by atoms with Crippen molar-refractivity contribution in [1.29, 1.82) is 0 Å². The van der Waals surface area contributed by atoms with Crippen LogP contribution >= 0.6 is 0 Å². The van der Waals surface area contributed by atoms with E-state index >= 15 is 0 Å². The number of rotatable bonds is 9. The lowest BCUT2D eigenvalue weighted by Crippen LogP contribution is -2.27. The molecule has 1 aliphatic rings. The molecule has 0 aromatic heterocycles. The molecule has 0 unspecified atom stereocenters. The van der Waals surface area contributed by atoms with Gasteiger partial charge in [-0.15, -0.1) is 13.2 Å². The molecule has 0 N–H and O–H groups in total. The van der Waals surface area contributed by atoms with Crippen LogP contribution in [0.2, 0.25) is 0 Å². The van der Waals surface area contributed by atoms with Crippen LogP contribution in [-0.2, 0) is 26.4 Å². The van der Waals surface area contributed by atoms with Crippen molar-refractivity contribution < 1.29 is 62.9 Å². The quantitative estimate of drug-likeness (QED) is 0.226. The van der Waals surface area contributed by atoms with Gasteiger partial charge in [0.05, 0.1) is 29.9 Å². The second-order valence-electron chi connectivity index (χ2n) is 9.42. The Balaban J connectivity index is 1.50. The summed E-state index contributed by atoms with van der Waals surface area (Å²) in [7, 11) is 0. The van der Waals surface area contributed by atoms with Gasteiger partial charge in [-0.3, -0.25) is 0 Å². The van der Waals surface area contributed by atoms with E-state index in [0.717, 1.165) is 31.0 Å². The average molecular weight is 612 g/mol. The molecule has 0 radical (unpaired) electrons. The summed E-state index contributed by atoms with van der Waals surface area (Å²) >= 11 is 0. The average Bonchev–Trinajstić information content (AvgIpc) is 2.87. The first-order valence-electron chi connectivity index (χ1n) is 12.4. The van der Waals surface area contributed by atoms with Crippen LogP contribution in [0.3, 0.4) is 0 Å². The van der Waals surface area contributed by atoms with Gasteiger partial charge in [0.1, 0.15) is 23.2 Å². The third kappa shape index (κ3) is 7.34. The Morgan fingerprint density at radius 2 is 1.36 bits per heavy atom. The Kier molecular flexibility index (Phi) is 9.09. The first-order valence-corrected chi connectivity index (χ1v) is 12.4. The summed E-state index contributed by atoms with van der Waals surface area (Å²) in [6, 6.07) is 5.58. The molecular formula is C28H22F10O4. The maximum atomic E-state index is 14.8. The van der Waals surface area contributed by atoms with Crippen molar-refractivity contribution in [3.8, 4) is 16.9 Å². The van der Waals surface area contributed by atoms with Gasteiger partial charge in [0.25, 0.3) is 0 Å². The largest absolute Gasteiger partial charge is 0.527 e. The molecule has 0 amide bonds. The Hall–Kier alpha value is -3.36. The zero-order valence-electron chi connectivity index (χ0n) is 21.6. The standard InChI is InChI=1S/C28H22F10O4/c1-2-3-15-13-39-25(40-14-15)17-6-9-20(21(29)10-17)27(34,35)41-19-11-22(30)24(23(31)12-19)16-4-7-18(8-5-16)26(32,33)42-28(36,37)38/h4-12,15,25H,2-3,13-14H2,1H3. The lowest BCUT2D eigenvalue weighted by Gasteiger charge is -2.29. The fourth-order valence-electron chi connectivity index (χ4n) is 4.35. The topological polar surface area (TPSA) is 36.9 Å². The van der Waals surface area contributed by atoms with Gasteiger partial charge in [0.2, 0.25) is 0 Å². The molecule has 42 heavy (non-hydrogen) atoms. The van der Waals surface area contributed by atoms with Gasteiger partial charge < -0.3 is 14.2 Å². The second kappa shape index (κ2) is 12.1. The van der Waals surface area contributed by atoms with Crippen molar-refractivity contribution in [3.63, 3.8) is 0 Å². The molecule has 14 heteroatoms. The summed E-state index contributed by atoms with van der Waals surface area (Å²) in [4.78, 5) is 0. The maximum absolute atomic E-state index is 14.8. The van der Waals surface area contributed by atoms with Gasteiger partial charge in [0.15, 0.2) is 6.29 Å². The van der Waals surface area contributed by atoms with E-state index in [9.17, 15) is 43.9 Å². The van der Waals surface area contributed by atoms with E-state index in [4.69, 9.17) is 9.47 Å². The number of alkyl halides is 7. The van der Waals surface area contributed by atoms with Crippen molar-refractivity contribution in [3.05, 3.63) is 88.7 Å². The second-order valence-corrected chi connectivity index (χ2v) is 9.42. The van der Waals surface area contributed by atoms with Crippen molar-refractivity contribution >= 4 is 0 Å². The lowest BCUT2D eigenvalue weighted by molar-refractivity contribution is -0.431.